The van der Waals surface area contributed by atoms with Crippen LogP contribution in [0, 0.1) is 6.92 Å². The zero-order valence-electron chi connectivity index (χ0n) is 32.9. The second-order valence-electron chi connectivity index (χ2n) is 13.9. The van der Waals surface area contributed by atoms with Gasteiger partial charge < -0.3 is 28.7 Å². The van der Waals surface area contributed by atoms with Gasteiger partial charge in [-0.1, -0.05) is 60.2 Å². The number of fused-ring (bicyclic) bond motifs is 2. The number of nitrogens with zero attached hydrogens (tertiary/aromatic N) is 6. The van der Waals surface area contributed by atoms with Gasteiger partial charge in [0.15, 0.2) is 0 Å². The summed E-state index contributed by atoms with van der Waals surface area (Å²) in [6.07, 6.45) is 4.09. The smallest absolute Gasteiger partial charge is 0.780 e. The summed E-state index contributed by atoms with van der Waals surface area (Å²) in [6, 6.07) is 23.3. The molecule has 7 rings (SSSR count). The van der Waals surface area contributed by atoms with Crippen molar-refractivity contribution in [3.05, 3.63) is 138 Å². The van der Waals surface area contributed by atoms with E-state index in [1.54, 1.807) is 71.9 Å². The van der Waals surface area contributed by atoms with E-state index in [2.05, 4.69) is 16.1 Å². The number of piperazine rings is 1. The van der Waals surface area contributed by atoms with E-state index >= 15 is 0 Å². The predicted octanol–water partition coefficient (Wildman–Crippen LogP) is -3.22. The first-order chi connectivity index (χ1) is 27.2. The van der Waals surface area contributed by atoms with E-state index in [0.29, 0.717) is 34.1 Å². The van der Waals surface area contributed by atoms with Crippen LogP contribution < -0.4 is 73.4 Å². The largest absolute Gasteiger partial charge is 1.00 e. The Morgan fingerprint density at radius 2 is 1.71 bits per heavy atom. The molecule has 5 aromatic rings. The third-order valence-corrected chi connectivity index (χ3v) is 12.1. The van der Waals surface area contributed by atoms with Crippen LogP contribution in [-0.4, -0.2) is 86.8 Å². The van der Waals surface area contributed by atoms with E-state index in [4.69, 9.17) is 0 Å². The van der Waals surface area contributed by atoms with Crippen LogP contribution in [0.4, 0.5) is 0 Å². The topological polar surface area (TPSA) is 189 Å². The van der Waals surface area contributed by atoms with E-state index in [1.807, 2.05) is 19.1 Å². The number of aryl methyl sites for hydroxylation is 2. The average Bonchev–Trinajstić information content (AvgIpc) is 3.63. The molecule has 3 aromatic carbocycles. The van der Waals surface area contributed by atoms with Crippen molar-refractivity contribution >= 4 is 46.5 Å². The van der Waals surface area contributed by atoms with Crippen molar-refractivity contribution in [3.63, 3.8) is 0 Å². The van der Waals surface area contributed by atoms with E-state index in [9.17, 15) is 37.2 Å². The van der Waals surface area contributed by atoms with Crippen LogP contribution in [0.25, 0.3) is 10.9 Å². The minimum Gasteiger partial charge on any atom is -0.780 e. The van der Waals surface area contributed by atoms with Crippen LogP contribution in [0.1, 0.15) is 28.8 Å². The minimum absolute atomic E-state index is 0. The third kappa shape index (κ3) is 10.3. The molecule has 0 saturated carbocycles. The molecule has 15 nitrogen and oxygen atoms in total. The Morgan fingerprint density at radius 3 is 2.37 bits per heavy atom. The molecule has 4 heterocycles. The van der Waals surface area contributed by atoms with Gasteiger partial charge >= 0.3 is 59.1 Å². The standard InChI is InChI=1S/C40H41N6O9PS.2Na/c1-3-22-43-27-38(48)45-35(24-29-12-15-33(16-13-29)55-56(50,51)52)40(49)42(26-36(45)46(43)37(47)19-14-32-9-4-5-21-41-32)25-31-8-6-7-30-20-23-44(39(30)31)57(53,54)34-17-10-28(2)11-18-34;;/h3-13,15-18,20-21,23,35-36H,1,14,19,22,24-27H2,2H3,(H2,50,51,52);;/q;2*+1/p-2/t35-,36-;;/m0../s1. The maximum atomic E-state index is 14.7. The first-order valence-corrected chi connectivity index (χ1v) is 21.0. The van der Waals surface area contributed by atoms with Crippen LogP contribution >= 0.6 is 7.82 Å². The number of benzene rings is 3. The molecule has 0 radical (unpaired) electrons. The number of carbonyl (C=O) groups excluding carboxylic acids is 3. The van der Waals surface area contributed by atoms with Gasteiger partial charge in [0.25, 0.3) is 10.0 Å². The number of aromatic nitrogens is 2. The molecular weight excluding hydrogens is 817 g/mol. The quantitative estimate of drug-likeness (QED) is 0.0659. The number of phosphoric acid groups is 1. The van der Waals surface area contributed by atoms with Gasteiger partial charge in [0.05, 0.1) is 23.5 Å². The number of para-hydroxylation sites is 1. The fraction of sp³-hybridized carbons (Fsp3) is 0.250. The van der Waals surface area contributed by atoms with Crippen molar-refractivity contribution in [2.45, 2.75) is 49.8 Å². The molecule has 2 aromatic heterocycles. The Morgan fingerprint density at radius 1 is 0.983 bits per heavy atom. The van der Waals surface area contributed by atoms with Gasteiger partial charge in [-0.25, -0.2) is 22.4 Å². The van der Waals surface area contributed by atoms with E-state index in [0.717, 1.165) is 5.56 Å². The Bertz CT molecular complexity index is 2490. The van der Waals surface area contributed by atoms with Crippen molar-refractivity contribution in [3.8, 4) is 5.75 Å². The first-order valence-electron chi connectivity index (χ1n) is 18.1. The van der Waals surface area contributed by atoms with Crippen LogP contribution in [0.5, 0.6) is 5.75 Å². The van der Waals surface area contributed by atoms with Gasteiger partial charge in [0, 0.05) is 49.4 Å². The van der Waals surface area contributed by atoms with Gasteiger partial charge in [-0.15, -0.1) is 6.58 Å². The summed E-state index contributed by atoms with van der Waals surface area (Å²) < 4.78 is 44.9. The SMILES string of the molecule is C=CCN1CC(=O)N2[C@@H](Cc3ccc(OP(=O)([O-])[O-])cc3)C(=O)N(Cc3cccc4ccn(S(=O)(=O)c5ccc(C)cc5)c34)C[C@@H]2N1C(=O)CCc1ccccn1.[Na+].[Na+]. The molecule has 3 amide bonds. The van der Waals surface area contributed by atoms with E-state index in [-0.39, 0.29) is 115 Å². The number of rotatable bonds is 13. The first kappa shape index (κ1) is 46.4. The fourth-order valence-electron chi connectivity index (χ4n) is 7.43. The summed E-state index contributed by atoms with van der Waals surface area (Å²) >= 11 is 0. The number of phosphoric ester groups is 1. The molecule has 0 bridgehead atoms. The normalized spacial score (nSPS) is 17.2. The maximum Gasteiger partial charge on any atom is 1.00 e. The number of carbonyl (C=O) groups is 3. The molecule has 0 N–H and O–H groups in total. The van der Waals surface area contributed by atoms with Crippen molar-refractivity contribution in [1.82, 2.24) is 28.8 Å². The molecule has 59 heavy (non-hydrogen) atoms. The van der Waals surface area contributed by atoms with Gasteiger partial charge in [-0.3, -0.25) is 19.4 Å². The Hall–Kier alpha value is -3.64. The number of hydrogen-bond acceptors (Lipinski definition) is 11. The zero-order chi connectivity index (χ0) is 40.5. The molecule has 0 spiro atoms. The minimum atomic E-state index is -5.32. The van der Waals surface area contributed by atoms with Crippen LogP contribution in [0.15, 0.2) is 121 Å². The van der Waals surface area contributed by atoms with Gasteiger partial charge in [-0.05, 0) is 66.9 Å². The van der Waals surface area contributed by atoms with Crippen molar-refractivity contribution in [1.29, 1.82) is 0 Å². The maximum absolute atomic E-state index is 14.7. The number of amides is 3. The van der Waals surface area contributed by atoms with Gasteiger partial charge in [0.2, 0.25) is 17.7 Å². The number of pyridine rings is 1. The van der Waals surface area contributed by atoms with E-state index < -0.39 is 41.9 Å². The summed E-state index contributed by atoms with van der Waals surface area (Å²) in [5.74, 6) is -1.36. The predicted molar refractivity (Wildman–Crippen MR) is 205 cm³/mol. The molecular formula is C40H39N6Na2O9PS. The molecule has 296 valence electrons. The molecule has 0 aliphatic carbocycles. The van der Waals surface area contributed by atoms with E-state index in [1.165, 1.54) is 49.2 Å². The summed E-state index contributed by atoms with van der Waals surface area (Å²) in [4.78, 5) is 72.9. The zero-order valence-corrected chi connectivity index (χ0v) is 38.6. The Balaban J connectivity index is 0.00000331. The molecule has 0 unspecified atom stereocenters. The van der Waals surface area contributed by atoms with Crippen LogP contribution in [-0.2, 0) is 48.4 Å². The van der Waals surface area contributed by atoms with Gasteiger partial charge in [-0.2, -0.15) is 0 Å². The Kier molecular flexibility index (Phi) is 15.3. The third-order valence-electron chi connectivity index (χ3n) is 10.0. The molecule has 2 aliphatic heterocycles. The molecule has 2 fully saturated rings. The van der Waals surface area contributed by atoms with Crippen LogP contribution in [0.3, 0.4) is 0 Å². The number of hydrogen-bond donors (Lipinski definition) is 0. The second-order valence-corrected chi connectivity index (χ2v) is 16.8. The molecule has 2 atom stereocenters. The van der Waals surface area contributed by atoms with Crippen LogP contribution in [0.2, 0.25) is 0 Å². The number of hydrazine groups is 1. The van der Waals surface area contributed by atoms with Crippen molar-refractivity contribution in [2.24, 2.45) is 0 Å². The summed E-state index contributed by atoms with van der Waals surface area (Å²) in [5.41, 5.74) is 3.02. The molecule has 2 aliphatic rings. The monoisotopic (exact) mass is 856 g/mol. The van der Waals surface area contributed by atoms with Crippen molar-refractivity contribution in [2.75, 3.05) is 19.6 Å². The second kappa shape index (κ2) is 19.4. The summed E-state index contributed by atoms with van der Waals surface area (Å²) in [6.45, 7) is 5.49. The van der Waals surface area contributed by atoms with Gasteiger partial charge in [0.1, 0.15) is 25.8 Å². The fourth-order valence-corrected chi connectivity index (χ4v) is 9.20. The van der Waals surface area contributed by atoms with Crippen molar-refractivity contribution < 1.29 is 101 Å². The summed E-state index contributed by atoms with van der Waals surface area (Å²) in [5, 5.41) is 3.75. The Labute approximate surface area is 386 Å². The summed E-state index contributed by atoms with van der Waals surface area (Å²) in [7, 11) is -9.38. The molecule has 2 saturated heterocycles. The average molecular weight is 857 g/mol. The molecule has 19 heteroatoms.